The Balaban J connectivity index is 1.73. The van der Waals surface area contributed by atoms with Crippen molar-refractivity contribution in [1.29, 1.82) is 10.5 Å². The Morgan fingerprint density at radius 3 is 2.03 bits per heavy atom. The van der Waals surface area contributed by atoms with Gasteiger partial charge in [-0.1, -0.05) is 54.6 Å². The van der Waals surface area contributed by atoms with Gasteiger partial charge in [0.1, 0.15) is 17.7 Å². The van der Waals surface area contributed by atoms with Gasteiger partial charge in [-0.3, -0.25) is 0 Å². The summed E-state index contributed by atoms with van der Waals surface area (Å²) in [6, 6.07) is 23.2. The monoisotopic (exact) mass is 452 g/mol. The van der Waals surface area contributed by atoms with Crippen molar-refractivity contribution in [3.63, 3.8) is 0 Å². The van der Waals surface area contributed by atoms with Gasteiger partial charge in [-0.05, 0) is 36.6 Å². The van der Waals surface area contributed by atoms with Gasteiger partial charge in [0.25, 0.3) is 0 Å². The Hall–Kier alpha value is -3.22. The maximum Gasteiger partial charge on any atom is 0.131 e. The van der Waals surface area contributed by atoms with E-state index in [1.54, 1.807) is 17.4 Å². The minimum Gasteiger partial charge on any atom is -0.192 e. The lowest BCUT2D eigenvalue weighted by Gasteiger charge is -1.99. The van der Waals surface area contributed by atoms with E-state index >= 15 is 0 Å². The number of rotatable bonds is 3. The number of thiophene rings is 3. The second kappa shape index (κ2) is 7.80. The average Bonchev–Trinajstić information content (AvgIpc) is 3.44. The van der Waals surface area contributed by atoms with E-state index in [9.17, 15) is 0 Å². The second-order valence-electron chi connectivity index (χ2n) is 7.26. The van der Waals surface area contributed by atoms with Crippen LogP contribution in [0.3, 0.4) is 0 Å². The lowest BCUT2D eigenvalue weighted by Crippen LogP contribution is -1.78. The smallest absolute Gasteiger partial charge is 0.131 e. The van der Waals surface area contributed by atoms with Crippen LogP contribution in [0.1, 0.15) is 16.0 Å². The summed E-state index contributed by atoms with van der Waals surface area (Å²) in [5.74, 6) is 0. The number of nitrogens with zero attached hydrogens (tertiary/aromatic N) is 2. The molecule has 0 saturated heterocycles. The van der Waals surface area contributed by atoms with Crippen molar-refractivity contribution >= 4 is 60.3 Å². The molecule has 0 N–H and O–H groups in total. The fourth-order valence-corrected chi connectivity index (χ4v) is 8.24. The molecule has 148 valence electrons. The Kier molecular flexibility index (Phi) is 4.96. The molecule has 0 fully saturated rings. The van der Waals surface area contributed by atoms with E-state index in [1.807, 2.05) is 34.8 Å². The van der Waals surface area contributed by atoms with Gasteiger partial charge < -0.3 is 0 Å². The van der Waals surface area contributed by atoms with Crippen LogP contribution in [0, 0.1) is 36.5 Å². The fraction of sp³-hybridized carbons (Fsp3) is 0.0769. The molecule has 5 aromatic rings. The van der Waals surface area contributed by atoms with E-state index in [0.717, 1.165) is 10.4 Å². The van der Waals surface area contributed by atoms with E-state index in [1.165, 1.54) is 45.9 Å². The third kappa shape index (κ3) is 3.19. The highest BCUT2D eigenvalue weighted by atomic mass is 32.2. The molecule has 0 aliphatic heterocycles. The second-order valence-corrected chi connectivity index (χ2v) is 10.6. The molecule has 3 aromatic heterocycles. The van der Waals surface area contributed by atoms with Crippen LogP contribution in [-0.2, 0) is 0 Å². The molecule has 0 unspecified atom stereocenters. The van der Waals surface area contributed by atoms with Crippen LogP contribution in [0.15, 0.2) is 60.2 Å². The molecule has 5 heteroatoms. The molecule has 0 spiro atoms. The Labute approximate surface area is 192 Å². The first kappa shape index (κ1) is 19.7. The largest absolute Gasteiger partial charge is 0.192 e. The molecule has 5 rings (SSSR count). The SMILES string of the molecule is Cc1c(C=C(C#N)C#N)sc2sc(-c3sc(-c4ccccc4)c4ccccc34)c(C)c12. The molecule has 0 aliphatic carbocycles. The molecule has 31 heavy (non-hydrogen) atoms. The lowest BCUT2D eigenvalue weighted by molar-refractivity contribution is 1.47. The molecule has 0 bridgehead atoms. The van der Waals surface area contributed by atoms with E-state index < -0.39 is 0 Å². The third-order valence-corrected chi connectivity index (χ3v) is 9.50. The molecular weight excluding hydrogens is 437 g/mol. The van der Waals surface area contributed by atoms with Gasteiger partial charge in [-0.15, -0.1) is 34.0 Å². The zero-order valence-corrected chi connectivity index (χ0v) is 19.3. The van der Waals surface area contributed by atoms with Gasteiger partial charge in [0, 0.05) is 30.8 Å². The summed E-state index contributed by atoms with van der Waals surface area (Å²) in [6.45, 7) is 4.27. The maximum absolute atomic E-state index is 9.12. The number of hydrogen-bond donors (Lipinski definition) is 0. The Morgan fingerprint density at radius 1 is 0.742 bits per heavy atom. The van der Waals surface area contributed by atoms with E-state index in [2.05, 4.69) is 68.4 Å². The van der Waals surface area contributed by atoms with Crippen LogP contribution in [-0.4, -0.2) is 0 Å². The fourth-order valence-electron chi connectivity index (χ4n) is 3.93. The van der Waals surface area contributed by atoms with Crippen molar-refractivity contribution in [2.75, 3.05) is 0 Å². The summed E-state index contributed by atoms with van der Waals surface area (Å²) in [4.78, 5) is 4.92. The predicted molar refractivity (Wildman–Crippen MR) is 135 cm³/mol. The van der Waals surface area contributed by atoms with E-state index in [4.69, 9.17) is 10.5 Å². The summed E-state index contributed by atoms with van der Waals surface area (Å²) >= 11 is 5.33. The van der Waals surface area contributed by atoms with Crippen molar-refractivity contribution in [3.05, 3.63) is 76.2 Å². The highest BCUT2D eigenvalue weighted by Gasteiger charge is 2.21. The summed E-state index contributed by atoms with van der Waals surface area (Å²) < 4.78 is 1.24. The molecule has 0 saturated carbocycles. The van der Waals surface area contributed by atoms with E-state index in [0.29, 0.717) is 0 Å². The lowest BCUT2D eigenvalue weighted by atomic mass is 10.0. The Morgan fingerprint density at radius 2 is 1.39 bits per heavy atom. The molecular formula is C26H16N2S3. The minimum atomic E-state index is 0.145. The molecule has 0 amide bonds. The standard InChI is InChI=1S/C26H16N2S3/c1-15-21(12-17(13-27)14-28)29-26-22(15)16(2)23(31-26)25-20-11-7-6-10-19(20)24(30-25)18-8-4-3-5-9-18/h3-12H,1-2H3. The average molecular weight is 453 g/mol. The third-order valence-electron chi connectivity index (χ3n) is 5.44. The van der Waals surface area contributed by atoms with Crippen LogP contribution in [0.4, 0.5) is 0 Å². The van der Waals surface area contributed by atoms with Gasteiger partial charge in [-0.25, -0.2) is 0 Å². The summed E-state index contributed by atoms with van der Waals surface area (Å²) in [7, 11) is 0. The quantitative estimate of drug-likeness (QED) is 0.257. The zero-order valence-electron chi connectivity index (χ0n) is 16.9. The van der Waals surface area contributed by atoms with Crippen molar-refractivity contribution < 1.29 is 0 Å². The van der Waals surface area contributed by atoms with Crippen LogP contribution in [0.5, 0.6) is 0 Å². The van der Waals surface area contributed by atoms with Gasteiger partial charge >= 0.3 is 0 Å². The van der Waals surface area contributed by atoms with Crippen LogP contribution < -0.4 is 0 Å². The molecule has 0 radical (unpaired) electrons. The number of benzene rings is 2. The predicted octanol–water partition coefficient (Wildman–Crippen LogP) is 8.56. The molecule has 0 atom stereocenters. The molecule has 3 heterocycles. The van der Waals surface area contributed by atoms with Crippen molar-refractivity contribution in [2.45, 2.75) is 13.8 Å². The van der Waals surface area contributed by atoms with Gasteiger partial charge in [0.05, 0.1) is 8.89 Å². The van der Waals surface area contributed by atoms with Gasteiger partial charge in [0.2, 0.25) is 0 Å². The number of allylic oxidation sites excluding steroid dienone is 1. The van der Waals surface area contributed by atoms with Gasteiger partial charge in [0.15, 0.2) is 0 Å². The summed E-state index contributed by atoms with van der Waals surface area (Å²) in [5.41, 5.74) is 3.81. The first-order chi connectivity index (χ1) is 15.1. The highest BCUT2D eigenvalue weighted by molar-refractivity contribution is 7.41. The zero-order chi connectivity index (χ0) is 21.5. The first-order valence-electron chi connectivity index (χ1n) is 9.74. The first-order valence-corrected chi connectivity index (χ1v) is 12.2. The van der Waals surface area contributed by atoms with Crippen molar-refractivity contribution in [3.8, 4) is 32.3 Å². The van der Waals surface area contributed by atoms with Crippen molar-refractivity contribution in [1.82, 2.24) is 0 Å². The number of nitriles is 2. The maximum atomic E-state index is 9.12. The highest BCUT2D eigenvalue weighted by Crippen LogP contribution is 2.51. The number of aryl methyl sites for hydroxylation is 2. The van der Waals surface area contributed by atoms with Crippen LogP contribution in [0.25, 0.3) is 46.4 Å². The minimum absolute atomic E-state index is 0.145. The number of hydrogen-bond acceptors (Lipinski definition) is 5. The van der Waals surface area contributed by atoms with E-state index in [-0.39, 0.29) is 5.57 Å². The van der Waals surface area contributed by atoms with Crippen LogP contribution in [0.2, 0.25) is 0 Å². The summed E-state index contributed by atoms with van der Waals surface area (Å²) in [6.07, 6.45) is 1.71. The van der Waals surface area contributed by atoms with Gasteiger partial charge in [-0.2, -0.15) is 10.5 Å². The molecule has 2 aromatic carbocycles. The topological polar surface area (TPSA) is 47.6 Å². The van der Waals surface area contributed by atoms with Crippen molar-refractivity contribution in [2.24, 2.45) is 0 Å². The Bertz CT molecular complexity index is 1550. The summed E-state index contributed by atoms with van der Waals surface area (Å²) in [5, 5.41) is 22.1. The molecule has 0 aliphatic rings. The molecule has 2 nitrogen and oxygen atoms in total. The van der Waals surface area contributed by atoms with Crippen LogP contribution >= 0.6 is 34.0 Å². The normalized spacial score (nSPS) is 10.8. The number of fused-ring (bicyclic) bond motifs is 2.